The number of methoxy groups -OCH3 is 1. The first-order valence-electron chi connectivity index (χ1n) is 8.27. The third-order valence-corrected chi connectivity index (χ3v) is 6.59. The second-order valence-corrected chi connectivity index (χ2v) is 8.87. The number of halogens is 2. The van der Waals surface area contributed by atoms with Gasteiger partial charge in [-0.2, -0.15) is 4.31 Å². The Morgan fingerprint density at radius 2 is 1.70 bits per heavy atom. The molecule has 27 heavy (non-hydrogen) atoms. The minimum Gasteiger partial charge on any atom is -0.495 e. The van der Waals surface area contributed by atoms with Crippen LogP contribution in [0.5, 0.6) is 5.75 Å². The SMILES string of the molecule is COc1ccc(C(=O)Nc2cc(Cl)cc(Cl)c2)cc1S(=O)(=O)N1CCCC1. The Hall–Kier alpha value is -1.80. The molecule has 1 N–H and O–H groups in total. The van der Waals surface area contributed by atoms with Gasteiger partial charge in [0.05, 0.1) is 7.11 Å². The molecular formula is C18H18Cl2N2O4S. The highest BCUT2D eigenvalue weighted by atomic mass is 35.5. The van der Waals surface area contributed by atoms with E-state index in [0.717, 1.165) is 12.8 Å². The molecule has 2 aromatic rings. The zero-order valence-corrected chi connectivity index (χ0v) is 16.9. The summed E-state index contributed by atoms with van der Waals surface area (Å²) in [5.41, 5.74) is 0.599. The molecule has 9 heteroatoms. The maximum Gasteiger partial charge on any atom is 0.255 e. The van der Waals surface area contributed by atoms with Gasteiger partial charge in [0.2, 0.25) is 10.0 Å². The van der Waals surface area contributed by atoms with Crippen LogP contribution in [0.1, 0.15) is 23.2 Å². The normalized spacial score (nSPS) is 14.9. The van der Waals surface area contributed by atoms with E-state index >= 15 is 0 Å². The van der Waals surface area contributed by atoms with E-state index in [0.29, 0.717) is 28.8 Å². The molecule has 0 radical (unpaired) electrons. The average molecular weight is 429 g/mol. The van der Waals surface area contributed by atoms with E-state index in [1.807, 2.05) is 0 Å². The van der Waals surface area contributed by atoms with Crippen molar-refractivity contribution in [2.45, 2.75) is 17.7 Å². The molecule has 0 spiro atoms. The van der Waals surface area contributed by atoms with Crippen LogP contribution in [0.4, 0.5) is 5.69 Å². The largest absolute Gasteiger partial charge is 0.495 e. The van der Waals surface area contributed by atoms with Gasteiger partial charge in [0.15, 0.2) is 0 Å². The second-order valence-electron chi connectivity index (χ2n) is 6.09. The molecule has 0 atom stereocenters. The fourth-order valence-corrected chi connectivity index (χ4v) is 5.14. The van der Waals surface area contributed by atoms with E-state index in [1.165, 1.54) is 29.6 Å². The first-order valence-corrected chi connectivity index (χ1v) is 10.5. The number of hydrogen-bond donors (Lipinski definition) is 1. The van der Waals surface area contributed by atoms with Crippen molar-refractivity contribution in [1.29, 1.82) is 0 Å². The zero-order valence-electron chi connectivity index (χ0n) is 14.5. The molecule has 3 rings (SSSR count). The standard InChI is InChI=1S/C18H18Cl2N2O4S/c1-26-16-5-4-12(8-17(16)27(24,25)22-6-2-3-7-22)18(23)21-15-10-13(19)9-14(20)11-15/h4-5,8-11H,2-3,6-7H2,1H3,(H,21,23). The number of benzene rings is 2. The second kappa shape index (κ2) is 8.06. The predicted molar refractivity (Wildman–Crippen MR) is 105 cm³/mol. The predicted octanol–water partition coefficient (Wildman–Crippen LogP) is 4.04. The van der Waals surface area contributed by atoms with Crippen LogP contribution in [-0.4, -0.2) is 38.8 Å². The van der Waals surface area contributed by atoms with Gasteiger partial charge in [-0.05, 0) is 49.2 Å². The molecule has 0 saturated carbocycles. The maximum atomic E-state index is 12.9. The number of amides is 1. The van der Waals surface area contributed by atoms with Crippen LogP contribution in [0, 0.1) is 0 Å². The molecule has 0 aromatic heterocycles. The summed E-state index contributed by atoms with van der Waals surface area (Å²) >= 11 is 11.9. The van der Waals surface area contributed by atoms with Crippen molar-refractivity contribution >= 4 is 44.8 Å². The molecule has 1 aliphatic rings. The lowest BCUT2D eigenvalue weighted by Gasteiger charge is -2.18. The van der Waals surface area contributed by atoms with Gasteiger partial charge >= 0.3 is 0 Å². The fourth-order valence-electron chi connectivity index (χ4n) is 2.92. The van der Waals surface area contributed by atoms with Gasteiger partial charge in [0, 0.05) is 34.4 Å². The molecule has 1 saturated heterocycles. The molecular weight excluding hydrogens is 411 g/mol. The van der Waals surface area contributed by atoms with Crippen molar-refractivity contribution in [2.24, 2.45) is 0 Å². The Morgan fingerprint density at radius 1 is 1.07 bits per heavy atom. The number of carbonyl (C=O) groups excluding carboxylic acids is 1. The van der Waals surface area contributed by atoms with Crippen LogP contribution in [-0.2, 0) is 10.0 Å². The number of rotatable bonds is 5. The van der Waals surface area contributed by atoms with Gasteiger partial charge in [-0.15, -0.1) is 0 Å². The van der Waals surface area contributed by atoms with Crippen LogP contribution in [0.25, 0.3) is 0 Å². The van der Waals surface area contributed by atoms with Gasteiger partial charge < -0.3 is 10.1 Å². The molecule has 6 nitrogen and oxygen atoms in total. The Labute approximate surface area is 168 Å². The summed E-state index contributed by atoms with van der Waals surface area (Å²) in [6.45, 7) is 0.922. The van der Waals surface area contributed by atoms with Crippen LogP contribution >= 0.6 is 23.2 Å². The number of carbonyl (C=O) groups is 1. The van der Waals surface area contributed by atoms with Crippen molar-refractivity contribution in [3.63, 3.8) is 0 Å². The Morgan fingerprint density at radius 3 is 2.30 bits per heavy atom. The highest BCUT2D eigenvalue weighted by Gasteiger charge is 2.30. The van der Waals surface area contributed by atoms with E-state index in [1.54, 1.807) is 18.2 Å². The monoisotopic (exact) mass is 428 g/mol. The van der Waals surface area contributed by atoms with E-state index < -0.39 is 15.9 Å². The van der Waals surface area contributed by atoms with Crippen LogP contribution < -0.4 is 10.1 Å². The number of nitrogens with zero attached hydrogens (tertiary/aromatic N) is 1. The average Bonchev–Trinajstić information content (AvgIpc) is 3.15. The summed E-state index contributed by atoms with van der Waals surface area (Å²) in [5, 5.41) is 3.43. The molecule has 1 aliphatic heterocycles. The van der Waals surface area contributed by atoms with E-state index in [-0.39, 0.29) is 16.2 Å². The van der Waals surface area contributed by atoms with Crippen molar-refractivity contribution in [2.75, 3.05) is 25.5 Å². The fraction of sp³-hybridized carbons (Fsp3) is 0.278. The quantitative estimate of drug-likeness (QED) is 0.779. The summed E-state index contributed by atoms with van der Waals surface area (Å²) in [7, 11) is -2.34. The summed E-state index contributed by atoms with van der Waals surface area (Å²) in [6, 6.07) is 8.96. The van der Waals surface area contributed by atoms with Gasteiger partial charge in [-0.3, -0.25) is 4.79 Å². The molecule has 1 heterocycles. The number of hydrogen-bond acceptors (Lipinski definition) is 4. The third-order valence-electron chi connectivity index (χ3n) is 4.23. The minimum atomic E-state index is -3.74. The molecule has 144 valence electrons. The number of ether oxygens (including phenoxy) is 1. The highest BCUT2D eigenvalue weighted by Crippen LogP contribution is 2.30. The van der Waals surface area contributed by atoms with Crippen molar-refractivity contribution in [1.82, 2.24) is 4.31 Å². The number of anilines is 1. The number of sulfonamides is 1. The lowest BCUT2D eigenvalue weighted by Crippen LogP contribution is -2.28. The first-order chi connectivity index (χ1) is 12.8. The van der Waals surface area contributed by atoms with Gasteiger partial charge in [0.25, 0.3) is 5.91 Å². The summed E-state index contributed by atoms with van der Waals surface area (Å²) in [5.74, 6) is -0.280. The smallest absolute Gasteiger partial charge is 0.255 e. The number of nitrogens with one attached hydrogen (secondary N) is 1. The van der Waals surface area contributed by atoms with Gasteiger partial charge in [-0.1, -0.05) is 23.2 Å². The maximum absolute atomic E-state index is 12.9. The summed E-state index contributed by atoms with van der Waals surface area (Å²) in [6.07, 6.45) is 1.63. The van der Waals surface area contributed by atoms with Crippen LogP contribution in [0.3, 0.4) is 0 Å². The topological polar surface area (TPSA) is 75.7 Å². The summed E-state index contributed by atoms with van der Waals surface area (Å²) in [4.78, 5) is 12.6. The Kier molecular flexibility index (Phi) is 5.95. The lowest BCUT2D eigenvalue weighted by atomic mass is 10.2. The van der Waals surface area contributed by atoms with Gasteiger partial charge in [-0.25, -0.2) is 8.42 Å². The Balaban J connectivity index is 1.93. The van der Waals surface area contributed by atoms with Crippen molar-refractivity contribution in [3.8, 4) is 5.75 Å². The van der Waals surface area contributed by atoms with E-state index in [2.05, 4.69) is 5.32 Å². The van der Waals surface area contributed by atoms with E-state index in [4.69, 9.17) is 27.9 Å². The van der Waals surface area contributed by atoms with E-state index in [9.17, 15) is 13.2 Å². The lowest BCUT2D eigenvalue weighted by molar-refractivity contribution is 0.102. The molecule has 0 aliphatic carbocycles. The zero-order chi connectivity index (χ0) is 19.6. The molecule has 0 unspecified atom stereocenters. The van der Waals surface area contributed by atoms with Crippen LogP contribution in [0.15, 0.2) is 41.3 Å². The van der Waals surface area contributed by atoms with Gasteiger partial charge in [0.1, 0.15) is 10.6 Å². The molecule has 1 fully saturated rings. The van der Waals surface area contributed by atoms with Crippen molar-refractivity contribution in [3.05, 3.63) is 52.0 Å². The first kappa shape index (κ1) is 19.9. The van der Waals surface area contributed by atoms with Crippen LogP contribution in [0.2, 0.25) is 10.0 Å². The summed E-state index contributed by atoms with van der Waals surface area (Å²) < 4.78 is 32.4. The van der Waals surface area contributed by atoms with Crippen molar-refractivity contribution < 1.29 is 17.9 Å². The molecule has 0 bridgehead atoms. The molecule has 1 amide bonds. The Bertz CT molecular complexity index is 953. The minimum absolute atomic E-state index is 0.0244. The highest BCUT2D eigenvalue weighted by molar-refractivity contribution is 7.89. The third kappa shape index (κ3) is 4.38. The molecule has 2 aromatic carbocycles.